The van der Waals surface area contributed by atoms with E-state index in [0.29, 0.717) is 5.89 Å². The van der Waals surface area contributed by atoms with Gasteiger partial charge in [0.15, 0.2) is 12.9 Å². The first-order valence-corrected chi connectivity index (χ1v) is 25.1. The number of rotatable bonds is 4. The molecule has 6 heteroatoms. The van der Waals surface area contributed by atoms with Crippen molar-refractivity contribution in [1.29, 1.82) is 0 Å². The van der Waals surface area contributed by atoms with Crippen LogP contribution in [0.1, 0.15) is 103 Å². The molecule has 1 N–H and O–H groups in total. The number of fused-ring (bicyclic) bond motifs is 14. The first-order valence-electron chi connectivity index (χ1n) is 25.1. The number of benzene rings is 8. The highest BCUT2D eigenvalue weighted by Crippen LogP contribution is 2.58. The molecule has 4 heterocycles. The third-order valence-electron chi connectivity index (χ3n) is 16.6. The summed E-state index contributed by atoms with van der Waals surface area (Å²) in [6, 6.07) is 51.2. The SMILES string of the molecule is CC(C)(C)c1ccc(Nc2cc3oc4ccccc4c3cc2-c2c3c(c4c5cc6c(cc5n5c4c2[B]c2cc4nc(-c7ccccc7)oc4cc2-5)C(C)(C)CCC6(C)C)C(C)(C)c2ccccc2-3)cc1. The summed E-state index contributed by atoms with van der Waals surface area (Å²) >= 11 is 0. The minimum absolute atomic E-state index is 0.0126. The summed E-state index contributed by atoms with van der Waals surface area (Å²) in [6.45, 7) is 21.5. The Labute approximate surface area is 409 Å². The van der Waals surface area contributed by atoms with Gasteiger partial charge < -0.3 is 18.7 Å². The maximum Gasteiger partial charge on any atom is 0.227 e. The van der Waals surface area contributed by atoms with Gasteiger partial charge in [-0.1, -0.05) is 141 Å². The predicted octanol–water partition coefficient (Wildman–Crippen LogP) is 15.8. The van der Waals surface area contributed by atoms with Crippen molar-refractivity contribution in [3.63, 3.8) is 0 Å². The molecule has 11 aromatic rings. The van der Waals surface area contributed by atoms with Crippen LogP contribution in [0, 0.1) is 0 Å². The van der Waals surface area contributed by atoms with Crippen LogP contribution in [0.3, 0.4) is 0 Å². The highest BCUT2D eigenvalue weighted by atomic mass is 16.3. The standard InChI is InChI=1S/C64H55BN3O2/c1-61(2,3)36-23-25-37(26-24-36)66-47-33-52-40(38-19-14-16-22-51(38)69-52)29-41(47)55-54-39-20-13-15-21-43(39)64(8,9)57(54)56-42-30-44-45(63(6,7)28-27-62(44,4)5)31-49(42)68-50-34-53-48(32-46(50)65-58(55)59(56)68)67-60(70-53)35-17-11-10-12-18-35/h10-26,29-34,66H,27-28H2,1-9H3. The predicted molar refractivity (Wildman–Crippen MR) is 293 cm³/mol. The lowest BCUT2D eigenvalue weighted by atomic mass is 9.57. The Bertz CT molecular complexity index is 4060. The van der Waals surface area contributed by atoms with Gasteiger partial charge in [0.2, 0.25) is 5.89 Å². The third kappa shape index (κ3) is 5.76. The summed E-state index contributed by atoms with van der Waals surface area (Å²) in [5.41, 5.74) is 23.8. The minimum atomic E-state index is -0.328. The Kier molecular flexibility index (Phi) is 8.29. The van der Waals surface area contributed by atoms with Crippen molar-refractivity contribution >= 4 is 84.4 Å². The molecule has 0 fully saturated rings. The number of oxazole rings is 1. The fourth-order valence-corrected chi connectivity index (χ4v) is 12.7. The van der Waals surface area contributed by atoms with E-state index in [9.17, 15) is 0 Å². The van der Waals surface area contributed by atoms with Gasteiger partial charge in [-0.25, -0.2) is 4.98 Å². The lowest BCUT2D eigenvalue weighted by molar-refractivity contribution is 0.332. The van der Waals surface area contributed by atoms with E-state index in [1.165, 1.54) is 71.8 Å². The van der Waals surface area contributed by atoms with Gasteiger partial charge >= 0.3 is 0 Å². The molecule has 14 rings (SSSR count). The van der Waals surface area contributed by atoms with E-state index in [-0.39, 0.29) is 21.7 Å². The van der Waals surface area contributed by atoms with Crippen LogP contribution in [0.4, 0.5) is 11.4 Å². The largest absolute Gasteiger partial charge is 0.456 e. The second kappa shape index (κ2) is 13.9. The van der Waals surface area contributed by atoms with Gasteiger partial charge in [-0.2, -0.15) is 0 Å². The normalized spacial score (nSPS) is 16.1. The summed E-state index contributed by atoms with van der Waals surface area (Å²) in [4.78, 5) is 5.15. The van der Waals surface area contributed by atoms with Crippen molar-refractivity contribution in [3.8, 4) is 39.4 Å². The van der Waals surface area contributed by atoms with Crippen LogP contribution >= 0.6 is 0 Å². The van der Waals surface area contributed by atoms with Crippen LogP contribution in [0.2, 0.25) is 0 Å². The molecule has 8 aromatic carbocycles. The Morgan fingerprint density at radius 2 is 1.33 bits per heavy atom. The van der Waals surface area contributed by atoms with E-state index in [0.717, 1.165) is 79.5 Å². The Morgan fingerprint density at radius 1 is 0.614 bits per heavy atom. The molecule has 2 aliphatic carbocycles. The first-order chi connectivity index (χ1) is 33.5. The van der Waals surface area contributed by atoms with Crippen molar-refractivity contribution in [2.75, 3.05) is 5.32 Å². The summed E-state index contributed by atoms with van der Waals surface area (Å²) in [7, 11) is 2.46. The quantitative estimate of drug-likeness (QED) is 0.179. The lowest BCUT2D eigenvalue weighted by Gasteiger charge is -2.42. The molecule has 1 aliphatic heterocycles. The molecule has 0 saturated heterocycles. The van der Waals surface area contributed by atoms with E-state index in [1.54, 1.807) is 0 Å². The highest BCUT2D eigenvalue weighted by molar-refractivity contribution is 6.74. The summed E-state index contributed by atoms with van der Waals surface area (Å²) in [6.07, 6.45) is 2.28. The molecular weight excluding hydrogens is 854 g/mol. The Balaban J connectivity index is 1.16. The van der Waals surface area contributed by atoms with E-state index in [4.69, 9.17) is 13.8 Å². The van der Waals surface area contributed by atoms with Crippen LogP contribution in [-0.4, -0.2) is 16.8 Å². The van der Waals surface area contributed by atoms with Crippen molar-refractivity contribution in [2.45, 2.75) is 96.8 Å². The fourth-order valence-electron chi connectivity index (χ4n) is 12.7. The number of hydrogen-bond donors (Lipinski definition) is 1. The van der Waals surface area contributed by atoms with Gasteiger partial charge in [-0.15, -0.1) is 0 Å². The highest BCUT2D eigenvalue weighted by Gasteiger charge is 2.44. The zero-order chi connectivity index (χ0) is 47.8. The van der Waals surface area contributed by atoms with Crippen molar-refractivity contribution in [1.82, 2.24) is 9.55 Å². The van der Waals surface area contributed by atoms with Crippen LogP contribution in [-0.2, 0) is 21.7 Å². The van der Waals surface area contributed by atoms with E-state index < -0.39 is 0 Å². The maximum atomic E-state index is 6.70. The topological polar surface area (TPSA) is 56.1 Å². The number of aromatic nitrogens is 2. The molecule has 341 valence electrons. The molecule has 5 nitrogen and oxygen atoms in total. The van der Waals surface area contributed by atoms with E-state index >= 15 is 0 Å². The fraction of sp³-hybridized carbons (Fsp3) is 0.234. The van der Waals surface area contributed by atoms with Gasteiger partial charge in [0.1, 0.15) is 16.7 Å². The average molecular weight is 909 g/mol. The van der Waals surface area contributed by atoms with Gasteiger partial charge in [-0.05, 0) is 134 Å². The number of anilines is 2. The number of furan rings is 1. The van der Waals surface area contributed by atoms with Gasteiger partial charge in [0, 0.05) is 67.1 Å². The molecule has 0 bridgehead atoms. The molecule has 0 unspecified atom stereocenters. The van der Waals surface area contributed by atoms with Gasteiger partial charge in [0.25, 0.3) is 0 Å². The van der Waals surface area contributed by atoms with E-state index in [2.05, 4.69) is 201 Å². The first kappa shape index (κ1) is 41.6. The molecule has 0 amide bonds. The molecule has 0 spiro atoms. The van der Waals surface area contributed by atoms with Gasteiger partial charge in [-0.3, -0.25) is 0 Å². The molecule has 0 atom stereocenters. The molecule has 1 radical (unpaired) electrons. The van der Waals surface area contributed by atoms with Crippen LogP contribution in [0.15, 0.2) is 148 Å². The zero-order valence-electron chi connectivity index (χ0n) is 41.5. The Morgan fingerprint density at radius 3 is 2.10 bits per heavy atom. The van der Waals surface area contributed by atoms with Crippen LogP contribution in [0.25, 0.3) is 94.2 Å². The van der Waals surface area contributed by atoms with Gasteiger partial charge in [0.05, 0.1) is 11.2 Å². The number of nitrogens with one attached hydrogen (secondary N) is 1. The summed E-state index contributed by atoms with van der Waals surface area (Å²) < 4.78 is 16.0. The smallest absolute Gasteiger partial charge is 0.227 e. The number of hydrogen-bond acceptors (Lipinski definition) is 4. The van der Waals surface area contributed by atoms with Crippen molar-refractivity contribution < 1.29 is 8.83 Å². The van der Waals surface area contributed by atoms with Crippen molar-refractivity contribution in [3.05, 3.63) is 167 Å². The van der Waals surface area contributed by atoms with Crippen molar-refractivity contribution in [2.24, 2.45) is 0 Å². The number of nitrogens with zero attached hydrogens (tertiary/aromatic N) is 2. The average Bonchev–Trinajstić information content (AvgIpc) is 4.08. The van der Waals surface area contributed by atoms with Crippen LogP contribution in [0.5, 0.6) is 0 Å². The molecule has 70 heavy (non-hydrogen) atoms. The molecule has 0 saturated carbocycles. The second-order valence-corrected chi connectivity index (χ2v) is 23.3. The van der Waals surface area contributed by atoms with E-state index in [1.807, 2.05) is 18.2 Å². The zero-order valence-corrected chi connectivity index (χ0v) is 41.5. The summed E-state index contributed by atoms with van der Waals surface area (Å²) in [5.74, 6) is 0.626. The lowest BCUT2D eigenvalue weighted by Crippen LogP contribution is -2.38. The monoisotopic (exact) mass is 908 g/mol. The minimum Gasteiger partial charge on any atom is -0.456 e. The second-order valence-electron chi connectivity index (χ2n) is 23.3. The molecule has 3 aliphatic rings. The molecule has 3 aromatic heterocycles. The Hall–Kier alpha value is -7.31. The molecular formula is C64H55BN3O2. The maximum absolute atomic E-state index is 6.70. The number of para-hydroxylation sites is 1. The third-order valence-corrected chi connectivity index (χ3v) is 16.6. The van der Waals surface area contributed by atoms with Crippen LogP contribution < -0.4 is 16.2 Å². The summed E-state index contributed by atoms with van der Waals surface area (Å²) in [5, 5.41) is 8.83.